The van der Waals surface area contributed by atoms with E-state index < -0.39 is 6.04 Å². The van der Waals surface area contributed by atoms with Gasteiger partial charge in [-0.15, -0.1) is 0 Å². The molecule has 8 nitrogen and oxygen atoms in total. The van der Waals surface area contributed by atoms with Crippen molar-refractivity contribution < 1.29 is 23.9 Å². The fourth-order valence-corrected chi connectivity index (χ4v) is 2.53. The van der Waals surface area contributed by atoms with E-state index in [4.69, 9.17) is 10.5 Å². The first-order chi connectivity index (χ1) is 12.6. The molecule has 0 aliphatic carbocycles. The Bertz CT molecular complexity index is 506. The molecule has 3 N–H and O–H groups in total. The summed E-state index contributed by atoms with van der Waals surface area (Å²) in [4.78, 5) is 49.1. The summed E-state index contributed by atoms with van der Waals surface area (Å²) in [6.45, 7) is 9.65. The van der Waals surface area contributed by atoms with Crippen LogP contribution in [0.4, 0.5) is 0 Å². The van der Waals surface area contributed by atoms with E-state index in [1.54, 1.807) is 32.6 Å². The molecule has 0 radical (unpaired) electrons. The Morgan fingerprint density at radius 2 is 1.67 bits per heavy atom. The van der Waals surface area contributed by atoms with Gasteiger partial charge in [0.25, 0.3) is 0 Å². The van der Waals surface area contributed by atoms with E-state index in [1.807, 2.05) is 0 Å². The largest absolute Gasteiger partial charge is 0.466 e. The Kier molecular flexibility index (Phi) is 12.3. The lowest BCUT2D eigenvalue weighted by Gasteiger charge is -2.25. The van der Waals surface area contributed by atoms with E-state index in [1.165, 1.54) is 6.92 Å². The SMILES string of the molecule is CC(=O)OCCCN(CCC(=O)N[C@@H](CCN)C(=O)C(C)C)C(=O)C(C)C. The number of carbonyl (C=O) groups is 4. The van der Waals surface area contributed by atoms with Crippen LogP contribution in [0.25, 0.3) is 0 Å². The van der Waals surface area contributed by atoms with E-state index in [0.29, 0.717) is 25.9 Å². The molecule has 0 aliphatic rings. The minimum Gasteiger partial charge on any atom is -0.466 e. The number of hydrogen-bond acceptors (Lipinski definition) is 6. The van der Waals surface area contributed by atoms with Gasteiger partial charge in [-0.25, -0.2) is 0 Å². The van der Waals surface area contributed by atoms with Crippen molar-refractivity contribution in [2.75, 3.05) is 26.2 Å². The van der Waals surface area contributed by atoms with Crippen molar-refractivity contribution in [2.24, 2.45) is 17.6 Å². The summed E-state index contributed by atoms with van der Waals surface area (Å²) in [7, 11) is 0. The van der Waals surface area contributed by atoms with Gasteiger partial charge in [0.15, 0.2) is 5.78 Å². The van der Waals surface area contributed by atoms with E-state index in [9.17, 15) is 19.2 Å². The molecule has 0 aliphatic heterocycles. The molecule has 8 heteroatoms. The molecule has 0 aromatic heterocycles. The number of hydrogen-bond donors (Lipinski definition) is 2. The number of nitrogens with two attached hydrogens (primary N) is 1. The zero-order valence-electron chi connectivity index (χ0n) is 17.2. The molecule has 27 heavy (non-hydrogen) atoms. The summed E-state index contributed by atoms with van der Waals surface area (Å²) in [5, 5.41) is 2.73. The molecule has 1 atom stereocenters. The molecule has 0 bridgehead atoms. The maximum Gasteiger partial charge on any atom is 0.302 e. The first-order valence-corrected chi connectivity index (χ1v) is 9.55. The van der Waals surface area contributed by atoms with Gasteiger partial charge in [-0.2, -0.15) is 0 Å². The number of Topliss-reactive ketones (excluding diaryl/α,β-unsaturated/α-hetero) is 1. The Labute approximate surface area is 162 Å². The third kappa shape index (κ3) is 10.7. The highest BCUT2D eigenvalue weighted by Crippen LogP contribution is 2.06. The highest BCUT2D eigenvalue weighted by atomic mass is 16.5. The standard InChI is InChI=1S/C19H35N3O5/c1-13(2)18(25)16(7-9-20)21-17(24)8-11-22(19(26)14(3)4)10-6-12-27-15(5)23/h13-14,16H,6-12,20H2,1-5H3,(H,21,24)/t16-/m0/s1. The Hall–Kier alpha value is -1.96. The molecule has 0 heterocycles. The number of rotatable bonds is 13. The monoisotopic (exact) mass is 385 g/mol. The predicted molar refractivity (Wildman–Crippen MR) is 103 cm³/mol. The molecule has 0 fully saturated rings. The maximum atomic E-state index is 12.3. The summed E-state index contributed by atoms with van der Waals surface area (Å²) in [6.07, 6.45) is 0.986. The average molecular weight is 386 g/mol. The first kappa shape index (κ1) is 25.0. The summed E-state index contributed by atoms with van der Waals surface area (Å²) in [5.41, 5.74) is 5.54. The second-order valence-electron chi connectivity index (χ2n) is 7.18. The van der Waals surface area contributed by atoms with E-state index in [-0.39, 0.29) is 55.0 Å². The van der Waals surface area contributed by atoms with Gasteiger partial charge in [0.05, 0.1) is 12.6 Å². The van der Waals surface area contributed by atoms with Crippen molar-refractivity contribution in [2.45, 2.75) is 59.9 Å². The lowest BCUT2D eigenvalue weighted by molar-refractivity contribution is -0.141. The molecule has 0 aromatic carbocycles. The van der Waals surface area contributed by atoms with Gasteiger partial charge >= 0.3 is 5.97 Å². The zero-order chi connectivity index (χ0) is 21.0. The third-order valence-corrected chi connectivity index (χ3v) is 4.00. The quantitative estimate of drug-likeness (QED) is 0.359. The normalized spacial score (nSPS) is 12.0. The van der Waals surface area contributed by atoms with Crippen LogP contribution in [-0.4, -0.2) is 60.7 Å². The molecular weight excluding hydrogens is 350 g/mol. The number of esters is 1. The van der Waals surface area contributed by atoms with Gasteiger partial charge in [-0.05, 0) is 19.4 Å². The lowest BCUT2D eigenvalue weighted by atomic mass is 9.99. The topological polar surface area (TPSA) is 119 Å². The fraction of sp³-hybridized carbons (Fsp3) is 0.789. The summed E-state index contributed by atoms with van der Waals surface area (Å²) < 4.78 is 4.88. The zero-order valence-corrected chi connectivity index (χ0v) is 17.2. The number of ketones is 1. The van der Waals surface area contributed by atoms with E-state index in [0.717, 1.165) is 0 Å². The maximum absolute atomic E-state index is 12.3. The molecule has 0 rings (SSSR count). The molecule has 0 saturated carbocycles. The van der Waals surface area contributed by atoms with Gasteiger partial charge in [0.2, 0.25) is 11.8 Å². The van der Waals surface area contributed by atoms with E-state index >= 15 is 0 Å². The molecule has 0 aromatic rings. The average Bonchev–Trinajstić information content (AvgIpc) is 2.58. The Morgan fingerprint density at radius 1 is 1.04 bits per heavy atom. The lowest BCUT2D eigenvalue weighted by Crippen LogP contribution is -2.45. The number of ether oxygens (including phenoxy) is 1. The summed E-state index contributed by atoms with van der Waals surface area (Å²) in [6, 6.07) is -0.597. The second kappa shape index (κ2) is 13.2. The second-order valence-corrected chi connectivity index (χ2v) is 7.18. The van der Waals surface area contributed by atoms with Crippen molar-refractivity contribution in [1.29, 1.82) is 0 Å². The minimum atomic E-state index is -0.597. The minimum absolute atomic E-state index is 0.0507. The van der Waals surface area contributed by atoms with E-state index in [2.05, 4.69) is 5.32 Å². The third-order valence-electron chi connectivity index (χ3n) is 4.00. The highest BCUT2D eigenvalue weighted by molar-refractivity contribution is 5.90. The Morgan fingerprint density at radius 3 is 2.15 bits per heavy atom. The van der Waals surface area contributed by atoms with Crippen LogP contribution in [0.3, 0.4) is 0 Å². The summed E-state index contributed by atoms with van der Waals surface area (Å²) >= 11 is 0. The molecule has 0 spiro atoms. The highest BCUT2D eigenvalue weighted by Gasteiger charge is 2.23. The number of amides is 2. The molecule has 156 valence electrons. The van der Waals surface area contributed by atoms with Crippen LogP contribution in [0.15, 0.2) is 0 Å². The number of nitrogens with zero attached hydrogens (tertiary/aromatic N) is 1. The van der Waals surface area contributed by atoms with Crippen LogP contribution in [0, 0.1) is 11.8 Å². The van der Waals surface area contributed by atoms with Crippen molar-refractivity contribution >= 4 is 23.6 Å². The first-order valence-electron chi connectivity index (χ1n) is 9.55. The van der Waals surface area contributed by atoms with Crippen molar-refractivity contribution in [1.82, 2.24) is 10.2 Å². The van der Waals surface area contributed by atoms with Gasteiger partial charge < -0.3 is 20.7 Å². The van der Waals surface area contributed by atoms with Gasteiger partial charge in [0.1, 0.15) is 0 Å². The smallest absolute Gasteiger partial charge is 0.302 e. The number of nitrogens with one attached hydrogen (secondary N) is 1. The van der Waals surface area contributed by atoms with Crippen LogP contribution in [0.5, 0.6) is 0 Å². The van der Waals surface area contributed by atoms with Crippen molar-refractivity contribution in [3.05, 3.63) is 0 Å². The van der Waals surface area contributed by atoms with Gasteiger partial charge in [-0.1, -0.05) is 27.7 Å². The van der Waals surface area contributed by atoms with Crippen LogP contribution >= 0.6 is 0 Å². The van der Waals surface area contributed by atoms with Crippen molar-refractivity contribution in [3.63, 3.8) is 0 Å². The molecule has 0 saturated heterocycles. The number of carbonyl (C=O) groups excluding carboxylic acids is 4. The fourth-order valence-electron chi connectivity index (χ4n) is 2.53. The molecular formula is C19H35N3O5. The van der Waals surface area contributed by atoms with Crippen LogP contribution in [0.1, 0.15) is 53.9 Å². The van der Waals surface area contributed by atoms with Crippen LogP contribution < -0.4 is 11.1 Å². The van der Waals surface area contributed by atoms with Gasteiger partial charge in [0, 0.05) is 38.3 Å². The van der Waals surface area contributed by atoms with Crippen LogP contribution in [-0.2, 0) is 23.9 Å². The van der Waals surface area contributed by atoms with Crippen LogP contribution in [0.2, 0.25) is 0 Å². The predicted octanol–water partition coefficient (Wildman–Crippen LogP) is 0.873. The molecule has 2 amide bonds. The van der Waals surface area contributed by atoms with Crippen molar-refractivity contribution in [3.8, 4) is 0 Å². The molecule has 0 unspecified atom stereocenters. The van der Waals surface area contributed by atoms with Gasteiger partial charge in [-0.3, -0.25) is 19.2 Å². The Balaban J connectivity index is 4.68. The summed E-state index contributed by atoms with van der Waals surface area (Å²) in [5.74, 6) is -1.16.